The Morgan fingerprint density at radius 1 is 1.21 bits per heavy atom. The third-order valence-corrected chi connectivity index (χ3v) is 3.16. The fourth-order valence-electron chi connectivity index (χ4n) is 1.48. The van der Waals surface area contributed by atoms with Crippen LogP contribution in [0.4, 0.5) is 0 Å². The number of unbranched alkanes of at least 4 members (excludes halogenated alkanes) is 1. The summed E-state index contributed by atoms with van der Waals surface area (Å²) in [7, 11) is 0. The zero-order valence-corrected chi connectivity index (χ0v) is 10.3. The molecular formula is C12H27NO. The van der Waals surface area contributed by atoms with Gasteiger partial charge in [-0.2, -0.15) is 0 Å². The molecule has 0 aliphatic rings. The van der Waals surface area contributed by atoms with Gasteiger partial charge in [0.15, 0.2) is 0 Å². The van der Waals surface area contributed by atoms with Crippen LogP contribution in [0.1, 0.15) is 53.4 Å². The Morgan fingerprint density at radius 3 is 2.29 bits per heavy atom. The van der Waals surface area contributed by atoms with E-state index in [1.807, 2.05) is 0 Å². The number of rotatable bonds is 8. The Balaban J connectivity index is 3.63. The second-order valence-corrected chi connectivity index (χ2v) is 4.46. The average molecular weight is 201 g/mol. The van der Waals surface area contributed by atoms with Crippen LogP contribution in [0.25, 0.3) is 0 Å². The fraction of sp³-hybridized carbons (Fsp3) is 1.00. The van der Waals surface area contributed by atoms with Gasteiger partial charge in [-0.05, 0) is 25.2 Å². The van der Waals surface area contributed by atoms with Crippen LogP contribution in [0.3, 0.4) is 0 Å². The molecule has 0 aromatic carbocycles. The molecule has 0 bridgehead atoms. The molecule has 86 valence electrons. The van der Waals surface area contributed by atoms with E-state index in [1.165, 1.54) is 6.42 Å². The molecule has 0 aromatic heterocycles. The quantitative estimate of drug-likeness (QED) is 0.613. The van der Waals surface area contributed by atoms with Gasteiger partial charge in [-0.25, -0.2) is 0 Å². The molecule has 0 saturated carbocycles. The summed E-state index contributed by atoms with van der Waals surface area (Å²) < 4.78 is 5.54. The Morgan fingerprint density at radius 2 is 1.86 bits per heavy atom. The second kappa shape index (κ2) is 7.24. The molecule has 0 aromatic rings. The highest BCUT2D eigenvalue weighted by Gasteiger charge is 2.26. The maximum absolute atomic E-state index is 6.27. The molecule has 0 rings (SSSR count). The molecule has 0 amide bonds. The molecule has 0 fully saturated rings. The van der Waals surface area contributed by atoms with Crippen LogP contribution in [-0.2, 0) is 4.74 Å². The Hall–Kier alpha value is -0.0800. The van der Waals surface area contributed by atoms with E-state index in [-0.39, 0.29) is 5.54 Å². The summed E-state index contributed by atoms with van der Waals surface area (Å²) in [5, 5.41) is 0. The van der Waals surface area contributed by atoms with Crippen molar-refractivity contribution in [2.75, 3.05) is 13.2 Å². The van der Waals surface area contributed by atoms with E-state index in [2.05, 4.69) is 27.7 Å². The van der Waals surface area contributed by atoms with Gasteiger partial charge in [-0.15, -0.1) is 0 Å². The third kappa shape index (κ3) is 4.97. The van der Waals surface area contributed by atoms with E-state index in [4.69, 9.17) is 10.5 Å². The molecular weight excluding hydrogens is 174 g/mol. The van der Waals surface area contributed by atoms with Gasteiger partial charge in [0.05, 0.1) is 0 Å². The van der Waals surface area contributed by atoms with Crippen LogP contribution in [0.2, 0.25) is 0 Å². The zero-order valence-electron chi connectivity index (χ0n) is 10.3. The molecule has 14 heavy (non-hydrogen) atoms. The SMILES string of the molecule is CCCCOCCC(N)(CC)C(C)C. The van der Waals surface area contributed by atoms with Gasteiger partial charge in [-0.1, -0.05) is 34.1 Å². The summed E-state index contributed by atoms with van der Waals surface area (Å²) in [6.07, 6.45) is 4.36. The van der Waals surface area contributed by atoms with E-state index in [9.17, 15) is 0 Å². The summed E-state index contributed by atoms with van der Waals surface area (Å²) in [6, 6.07) is 0. The van der Waals surface area contributed by atoms with Crippen molar-refractivity contribution >= 4 is 0 Å². The molecule has 2 heteroatoms. The molecule has 0 saturated heterocycles. The highest BCUT2D eigenvalue weighted by Crippen LogP contribution is 2.21. The van der Waals surface area contributed by atoms with Crippen molar-refractivity contribution in [3.05, 3.63) is 0 Å². The van der Waals surface area contributed by atoms with Crippen molar-refractivity contribution in [1.29, 1.82) is 0 Å². The monoisotopic (exact) mass is 201 g/mol. The van der Waals surface area contributed by atoms with E-state index in [0.717, 1.165) is 32.5 Å². The first kappa shape index (κ1) is 13.9. The van der Waals surface area contributed by atoms with Crippen molar-refractivity contribution in [3.8, 4) is 0 Å². The lowest BCUT2D eigenvalue weighted by Gasteiger charge is -2.32. The first-order chi connectivity index (χ1) is 6.56. The van der Waals surface area contributed by atoms with Crippen molar-refractivity contribution < 1.29 is 4.74 Å². The Labute approximate surface area is 89.2 Å². The summed E-state index contributed by atoms with van der Waals surface area (Å²) >= 11 is 0. The van der Waals surface area contributed by atoms with Gasteiger partial charge in [0.25, 0.3) is 0 Å². The second-order valence-electron chi connectivity index (χ2n) is 4.46. The molecule has 1 atom stereocenters. The molecule has 0 aliphatic heterocycles. The van der Waals surface area contributed by atoms with Crippen LogP contribution in [-0.4, -0.2) is 18.8 Å². The molecule has 0 heterocycles. The van der Waals surface area contributed by atoms with Crippen molar-refractivity contribution in [2.24, 2.45) is 11.7 Å². The lowest BCUT2D eigenvalue weighted by Crippen LogP contribution is -2.45. The summed E-state index contributed by atoms with van der Waals surface area (Å²) in [5.74, 6) is 0.530. The zero-order chi connectivity index (χ0) is 11.0. The average Bonchev–Trinajstić information content (AvgIpc) is 2.17. The summed E-state index contributed by atoms with van der Waals surface area (Å²) in [6.45, 7) is 10.4. The van der Waals surface area contributed by atoms with Gasteiger partial charge < -0.3 is 10.5 Å². The fourth-order valence-corrected chi connectivity index (χ4v) is 1.48. The number of ether oxygens (including phenoxy) is 1. The van der Waals surface area contributed by atoms with Crippen LogP contribution >= 0.6 is 0 Å². The summed E-state index contributed by atoms with van der Waals surface area (Å²) in [5.41, 5.74) is 6.24. The largest absolute Gasteiger partial charge is 0.381 e. The number of hydrogen-bond donors (Lipinski definition) is 1. The predicted octanol–water partition coefficient (Wildman–Crippen LogP) is 2.96. The van der Waals surface area contributed by atoms with Crippen LogP contribution in [0, 0.1) is 5.92 Å². The number of nitrogens with two attached hydrogens (primary N) is 1. The minimum absolute atomic E-state index is 0.0355. The Bertz CT molecular complexity index is 136. The first-order valence-corrected chi connectivity index (χ1v) is 5.93. The molecule has 0 aliphatic carbocycles. The molecule has 1 unspecified atom stereocenters. The van der Waals surface area contributed by atoms with E-state index >= 15 is 0 Å². The van der Waals surface area contributed by atoms with Gasteiger partial charge in [0.2, 0.25) is 0 Å². The van der Waals surface area contributed by atoms with Gasteiger partial charge >= 0.3 is 0 Å². The highest BCUT2D eigenvalue weighted by atomic mass is 16.5. The third-order valence-electron chi connectivity index (χ3n) is 3.16. The van der Waals surface area contributed by atoms with E-state index in [1.54, 1.807) is 0 Å². The smallest absolute Gasteiger partial charge is 0.0483 e. The van der Waals surface area contributed by atoms with Crippen LogP contribution in [0.15, 0.2) is 0 Å². The molecule has 0 spiro atoms. The summed E-state index contributed by atoms with van der Waals surface area (Å²) in [4.78, 5) is 0. The van der Waals surface area contributed by atoms with Gasteiger partial charge in [0, 0.05) is 18.8 Å². The first-order valence-electron chi connectivity index (χ1n) is 5.93. The standard InChI is InChI=1S/C12H27NO/c1-5-7-9-14-10-8-12(13,6-2)11(3)4/h11H,5-10,13H2,1-4H3. The minimum atomic E-state index is -0.0355. The lowest BCUT2D eigenvalue weighted by atomic mass is 9.82. The van der Waals surface area contributed by atoms with Gasteiger partial charge in [-0.3, -0.25) is 0 Å². The molecule has 0 radical (unpaired) electrons. The number of hydrogen-bond acceptors (Lipinski definition) is 2. The van der Waals surface area contributed by atoms with Crippen LogP contribution in [0.5, 0.6) is 0 Å². The minimum Gasteiger partial charge on any atom is -0.381 e. The topological polar surface area (TPSA) is 35.2 Å². The van der Waals surface area contributed by atoms with Crippen LogP contribution < -0.4 is 5.73 Å². The maximum Gasteiger partial charge on any atom is 0.0483 e. The maximum atomic E-state index is 6.27. The molecule has 2 N–H and O–H groups in total. The normalized spacial score (nSPS) is 15.9. The van der Waals surface area contributed by atoms with E-state index in [0.29, 0.717) is 5.92 Å². The predicted molar refractivity (Wildman–Crippen MR) is 62.4 cm³/mol. The highest BCUT2D eigenvalue weighted by molar-refractivity contribution is 4.85. The van der Waals surface area contributed by atoms with Crippen molar-refractivity contribution in [1.82, 2.24) is 0 Å². The van der Waals surface area contributed by atoms with Gasteiger partial charge in [0.1, 0.15) is 0 Å². The van der Waals surface area contributed by atoms with Crippen molar-refractivity contribution in [3.63, 3.8) is 0 Å². The van der Waals surface area contributed by atoms with Crippen molar-refractivity contribution in [2.45, 2.75) is 58.9 Å². The lowest BCUT2D eigenvalue weighted by molar-refractivity contribution is 0.100. The Kier molecular flexibility index (Phi) is 7.20. The molecule has 2 nitrogen and oxygen atoms in total. The van der Waals surface area contributed by atoms with E-state index < -0.39 is 0 Å².